The highest BCUT2D eigenvalue weighted by atomic mass is 32.2. The maximum absolute atomic E-state index is 12.4. The van der Waals surface area contributed by atoms with Crippen molar-refractivity contribution < 1.29 is 18.7 Å². The number of aromatic nitrogens is 3. The Labute approximate surface area is 170 Å². The second-order valence-electron chi connectivity index (χ2n) is 5.87. The summed E-state index contributed by atoms with van der Waals surface area (Å²) in [6.07, 6.45) is 3.19. The molecule has 0 spiro atoms. The SMILES string of the molecule is CCOC(=O)c1c(NC(=O)CSc2nncn2Cc2ccco2)sc(C)c1C. The maximum atomic E-state index is 12.4. The lowest BCUT2D eigenvalue weighted by Crippen LogP contribution is -2.17. The molecule has 0 saturated carbocycles. The van der Waals surface area contributed by atoms with Crippen LogP contribution in [0.3, 0.4) is 0 Å². The summed E-state index contributed by atoms with van der Waals surface area (Å²) in [4.78, 5) is 25.6. The molecule has 1 N–H and O–H groups in total. The third-order valence-corrected chi connectivity index (χ3v) is 6.04. The van der Waals surface area contributed by atoms with Gasteiger partial charge in [-0.25, -0.2) is 4.79 Å². The predicted octanol–water partition coefficient (Wildman–Crippen LogP) is 3.51. The Morgan fingerprint density at radius 3 is 2.93 bits per heavy atom. The monoisotopic (exact) mass is 420 g/mol. The van der Waals surface area contributed by atoms with Gasteiger partial charge in [0.2, 0.25) is 5.91 Å². The number of rotatable bonds is 8. The van der Waals surface area contributed by atoms with E-state index in [1.807, 2.05) is 26.0 Å². The Morgan fingerprint density at radius 2 is 2.21 bits per heavy atom. The van der Waals surface area contributed by atoms with Gasteiger partial charge < -0.3 is 19.0 Å². The Bertz CT molecular complexity index is 963. The van der Waals surface area contributed by atoms with E-state index in [-0.39, 0.29) is 18.3 Å². The molecule has 0 aliphatic heterocycles. The van der Waals surface area contributed by atoms with Crippen molar-refractivity contribution in [3.8, 4) is 0 Å². The van der Waals surface area contributed by atoms with Gasteiger partial charge in [0.1, 0.15) is 17.1 Å². The molecule has 3 aromatic rings. The highest BCUT2D eigenvalue weighted by Gasteiger charge is 2.22. The van der Waals surface area contributed by atoms with Crippen molar-refractivity contribution in [2.45, 2.75) is 32.5 Å². The first-order valence-electron chi connectivity index (χ1n) is 8.59. The molecule has 10 heteroatoms. The maximum Gasteiger partial charge on any atom is 0.341 e. The van der Waals surface area contributed by atoms with Gasteiger partial charge in [0.05, 0.1) is 30.7 Å². The Hall–Kier alpha value is -2.59. The van der Waals surface area contributed by atoms with Crippen molar-refractivity contribution in [3.05, 3.63) is 46.5 Å². The second-order valence-corrected chi connectivity index (χ2v) is 8.03. The number of amides is 1. The van der Waals surface area contributed by atoms with Gasteiger partial charge in [0.25, 0.3) is 0 Å². The second kappa shape index (κ2) is 9.07. The summed E-state index contributed by atoms with van der Waals surface area (Å²) < 4.78 is 12.2. The van der Waals surface area contributed by atoms with E-state index in [0.29, 0.717) is 22.3 Å². The molecule has 3 rings (SSSR count). The molecule has 0 radical (unpaired) electrons. The van der Waals surface area contributed by atoms with Crippen molar-refractivity contribution in [1.82, 2.24) is 14.8 Å². The minimum absolute atomic E-state index is 0.134. The minimum atomic E-state index is -0.425. The molecular formula is C18H20N4O4S2. The van der Waals surface area contributed by atoms with Gasteiger partial charge in [-0.3, -0.25) is 4.79 Å². The van der Waals surface area contributed by atoms with Crippen LogP contribution in [0.15, 0.2) is 34.3 Å². The number of hydrogen-bond donors (Lipinski definition) is 1. The summed E-state index contributed by atoms with van der Waals surface area (Å²) in [5.74, 6) is 0.249. The normalized spacial score (nSPS) is 10.8. The first-order chi connectivity index (χ1) is 13.5. The zero-order valence-electron chi connectivity index (χ0n) is 15.7. The molecule has 0 unspecified atom stereocenters. The standard InChI is InChI=1S/C18H20N4O4S2/c1-4-25-17(24)15-11(2)12(3)28-16(15)20-14(23)9-27-18-21-19-10-22(18)8-13-6-5-7-26-13/h5-7,10H,4,8-9H2,1-3H3,(H,20,23). The van der Waals surface area contributed by atoms with Crippen LogP contribution in [0.2, 0.25) is 0 Å². The van der Waals surface area contributed by atoms with E-state index in [9.17, 15) is 9.59 Å². The third-order valence-electron chi connectivity index (χ3n) is 3.94. The molecule has 148 valence electrons. The number of nitrogens with zero attached hydrogens (tertiary/aromatic N) is 3. The van der Waals surface area contributed by atoms with E-state index < -0.39 is 5.97 Å². The lowest BCUT2D eigenvalue weighted by atomic mass is 10.1. The summed E-state index contributed by atoms with van der Waals surface area (Å²) >= 11 is 2.63. The number of ether oxygens (including phenoxy) is 1. The van der Waals surface area contributed by atoms with E-state index in [1.54, 1.807) is 24.1 Å². The first kappa shape index (κ1) is 20.2. The van der Waals surface area contributed by atoms with Crippen LogP contribution in [0, 0.1) is 13.8 Å². The van der Waals surface area contributed by atoms with E-state index in [2.05, 4.69) is 15.5 Å². The van der Waals surface area contributed by atoms with Crippen molar-refractivity contribution in [2.24, 2.45) is 0 Å². The topological polar surface area (TPSA) is 99.2 Å². The fourth-order valence-electron chi connectivity index (χ4n) is 2.49. The van der Waals surface area contributed by atoms with Crippen LogP contribution in [0.25, 0.3) is 0 Å². The molecule has 0 aliphatic rings. The number of esters is 1. The predicted molar refractivity (Wildman–Crippen MR) is 107 cm³/mol. The quantitative estimate of drug-likeness (QED) is 0.440. The summed E-state index contributed by atoms with van der Waals surface area (Å²) in [6, 6.07) is 3.67. The largest absolute Gasteiger partial charge is 0.467 e. The van der Waals surface area contributed by atoms with Crippen molar-refractivity contribution >= 4 is 40.0 Å². The minimum Gasteiger partial charge on any atom is -0.467 e. The van der Waals surface area contributed by atoms with Crippen molar-refractivity contribution in [1.29, 1.82) is 0 Å². The van der Waals surface area contributed by atoms with E-state index in [4.69, 9.17) is 9.15 Å². The summed E-state index contributed by atoms with van der Waals surface area (Å²) in [5.41, 5.74) is 1.24. The van der Waals surface area contributed by atoms with Gasteiger partial charge in [-0.15, -0.1) is 21.5 Å². The lowest BCUT2D eigenvalue weighted by Gasteiger charge is -2.07. The average molecular weight is 421 g/mol. The van der Waals surface area contributed by atoms with Gasteiger partial charge in [0.15, 0.2) is 5.16 Å². The van der Waals surface area contributed by atoms with Crippen LogP contribution < -0.4 is 5.32 Å². The smallest absolute Gasteiger partial charge is 0.341 e. The zero-order chi connectivity index (χ0) is 20.1. The van der Waals surface area contributed by atoms with Gasteiger partial charge in [-0.05, 0) is 38.5 Å². The van der Waals surface area contributed by atoms with E-state index in [0.717, 1.165) is 16.2 Å². The van der Waals surface area contributed by atoms with Crippen LogP contribution in [0.5, 0.6) is 0 Å². The van der Waals surface area contributed by atoms with Crippen LogP contribution in [-0.2, 0) is 16.1 Å². The van der Waals surface area contributed by atoms with Crippen LogP contribution in [0.1, 0.15) is 33.5 Å². The fourth-order valence-corrected chi connectivity index (χ4v) is 4.27. The molecule has 0 aliphatic carbocycles. The number of hydrogen-bond acceptors (Lipinski definition) is 8. The van der Waals surface area contributed by atoms with E-state index in [1.165, 1.54) is 23.1 Å². The number of aryl methyl sites for hydroxylation is 1. The Balaban J connectivity index is 1.64. The number of carbonyl (C=O) groups is 2. The molecule has 0 bridgehead atoms. The fraction of sp³-hybridized carbons (Fsp3) is 0.333. The molecule has 8 nitrogen and oxygen atoms in total. The highest BCUT2D eigenvalue weighted by Crippen LogP contribution is 2.33. The molecule has 0 aromatic carbocycles. The van der Waals surface area contributed by atoms with Gasteiger partial charge in [-0.2, -0.15) is 0 Å². The molecule has 0 fully saturated rings. The molecule has 3 aromatic heterocycles. The number of nitrogens with one attached hydrogen (secondary N) is 1. The number of carbonyl (C=O) groups excluding carboxylic acids is 2. The molecule has 0 atom stereocenters. The number of thioether (sulfide) groups is 1. The van der Waals surface area contributed by atoms with Crippen LogP contribution in [0.4, 0.5) is 5.00 Å². The highest BCUT2D eigenvalue weighted by molar-refractivity contribution is 7.99. The van der Waals surface area contributed by atoms with Crippen molar-refractivity contribution in [2.75, 3.05) is 17.7 Å². The van der Waals surface area contributed by atoms with Crippen molar-refractivity contribution in [3.63, 3.8) is 0 Å². The molecular weight excluding hydrogens is 400 g/mol. The van der Waals surface area contributed by atoms with Gasteiger partial charge in [-0.1, -0.05) is 11.8 Å². The Morgan fingerprint density at radius 1 is 1.39 bits per heavy atom. The van der Waals surface area contributed by atoms with E-state index >= 15 is 0 Å². The molecule has 28 heavy (non-hydrogen) atoms. The zero-order valence-corrected chi connectivity index (χ0v) is 17.4. The molecule has 1 amide bonds. The number of anilines is 1. The number of furan rings is 1. The van der Waals surface area contributed by atoms with Crippen LogP contribution >= 0.6 is 23.1 Å². The summed E-state index contributed by atoms with van der Waals surface area (Å²) in [5, 5.41) is 11.9. The number of thiophene rings is 1. The summed E-state index contributed by atoms with van der Waals surface area (Å²) in [7, 11) is 0. The first-order valence-corrected chi connectivity index (χ1v) is 10.4. The lowest BCUT2D eigenvalue weighted by molar-refractivity contribution is -0.113. The summed E-state index contributed by atoms with van der Waals surface area (Å²) in [6.45, 7) is 6.27. The van der Waals surface area contributed by atoms with Gasteiger partial charge in [0, 0.05) is 4.88 Å². The molecule has 3 heterocycles. The van der Waals surface area contributed by atoms with Crippen LogP contribution in [-0.4, -0.2) is 39.0 Å². The van der Waals surface area contributed by atoms with Gasteiger partial charge >= 0.3 is 5.97 Å². The average Bonchev–Trinajstić information content (AvgIpc) is 3.37. The Kier molecular flexibility index (Phi) is 6.53. The third kappa shape index (κ3) is 4.63. The molecule has 0 saturated heterocycles.